The first kappa shape index (κ1) is 18.1. The second-order valence-corrected chi connectivity index (χ2v) is 7.71. The van der Waals surface area contributed by atoms with E-state index in [0.717, 1.165) is 26.7 Å². The molecule has 3 rings (SSSR count). The fraction of sp³-hybridized carbons (Fsp3) is 0.333. The molecule has 8 heteroatoms. The number of nitrogens with zero attached hydrogens (tertiary/aromatic N) is 4. The van der Waals surface area contributed by atoms with Crippen LogP contribution in [-0.2, 0) is 12.0 Å². The zero-order chi connectivity index (χ0) is 18.7. The van der Waals surface area contributed by atoms with Crippen molar-refractivity contribution in [1.82, 2.24) is 30.4 Å². The van der Waals surface area contributed by atoms with Crippen LogP contribution in [0.5, 0.6) is 0 Å². The van der Waals surface area contributed by atoms with Crippen LogP contribution in [0.3, 0.4) is 0 Å². The number of carbonyl (C=O) groups is 1. The van der Waals surface area contributed by atoms with Crippen LogP contribution in [0.1, 0.15) is 36.9 Å². The van der Waals surface area contributed by atoms with E-state index in [1.165, 1.54) is 11.3 Å². The number of carbonyl (C=O) groups excluding carboxylic acids is 1. The normalized spacial score (nSPS) is 11.5. The predicted molar refractivity (Wildman–Crippen MR) is 103 cm³/mol. The third kappa shape index (κ3) is 4.08. The van der Waals surface area contributed by atoms with Gasteiger partial charge in [0.2, 0.25) is 4.96 Å². The van der Waals surface area contributed by atoms with Gasteiger partial charge in [-0.1, -0.05) is 41.7 Å². The van der Waals surface area contributed by atoms with E-state index in [4.69, 9.17) is 0 Å². The molecule has 0 atom stereocenters. The number of hydrogen-bond acceptors (Lipinski definition) is 5. The van der Waals surface area contributed by atoms with E-state index >= 15 is 0 Å². The number of allylic oxidation sites excluding steroid dienone is 1. The van der Waals surface area contributed by atoms with Crippen molar-refractivity contribution in [2.24, 2.45) is 0 Å². The standard InChI is InChI=1S/C18H22N6OS/c1-12(2)13-6-5-7-14(10-13)18(3,4)21-16(25)19-9-8-15-23-24-11-20-22-17(24)26-15/h5-7,10-11H,1,8-9H2,2-4H3,(H2,19,21,25). The molecule has 2 N–H and O–H groups in total. The topological polar surface area (TPSA) is 84.2 Å². The summed E-state index contributed by atoms with van der Waals surface area (Å²) in [5.41, 5.74) is 2.60. The lowest BCUT2D eigenvalue weighted by atomic mass is 9.92. The Kier molecular flexibility index (Phi) is 5.03. The molecule has 0 saturated carbocycles. The van der Waals surface area contributed by atoms with Crippen molar-refractivity contribution in [3.8, 4) is 0 Å². The van der Waals surface area contributed by atoms with Crippen LogP contribution < -0.4 is 10.6 Å². The average Bonchev–Trinajstić information content (AvgIpc) is 3.16. The van der Waals surface area contributed by atoms with Crippen molar-refractivity contribution in [3.63, 3.8) is 0 Å². The van der Waals surface area contributed by atoms with Gasteiger partial charge in [0.1, 0.15) is 11.3 Å². The molecule has 0 aliphatic heterocycles. The Morgan fingerprint density at radius 3 is 2.92 bits per heavy atom. The van der Waals surface area contributed by atoms with E-state index in [-0.39, 0.29) is 6.03 Å². The monoisotopic (exact) mass is 370 g/mol. The lowest BCUT2D eigenvalue weighted by Crippen LogP contribution is -2.46. The number of aromatic nitrogens is 4. The lowest BCUT2D eigenvalue weighted by molar-refractivity contribution is 0.230. The smallest absolute Gasteiger partial charge is 0.315 e. The minimum atomic E-state index is -0.497. The van der Waals surface area contributed by atoms with Crippen LogP contribution in [0, 0.1) is 0 Å². The molecule has 1 aromatic carbocycles. The van der Waals surface area contributed by atoms with Crippen LogP contribution in [0.2, 0.25) is 0 Å². The summed E-state index contributed by atoms with van der Waals surface area (Å²) in [6, 6.07) is 7.85. The molecule has 3 aromatic rings. The van der Waals surface area contributed by atoms with Gasteiger partial charge in [-0.15, -0.1) is 10.2 Å². The molecule has 0 aliphatic rings. The van der Waals surface area contributed by atoms with Gasteiger partial charge < -0.3 is 10.6 Å². The maximum absolute atomic E-state index is 12.3. The average molecular weight is 370 g/mol. The Morgan fingerprint density at radius 1 is 1.38 bits per heavy atom. The molecule has 2 aromatic heterocycles. The van der Waals surface area contributed by atoms with Gasteiger partial charge in [0.05, 0.1) is 5.54 Å². The lowest BCUT2D eigenvalue weighted by Gasteiger charge is -2.27. The van der Waals surface area contributed by atoms with Crippen molar-refractivity contribution in [1.29, 1.82) is 0 Å². The highest BCUT2D eigenvalue weighted by Gasteiger charge is 2.23. The first-order chi connectivity index (χ1) is 12.3. The maximum atomic E-state index is 12.3. The van der Waals surface area contributed by atoms with Crippen molar-refractivity contribution in [2.45, 2.75) is 32.7 Å². The number of fused-ring (bicyclic) bond motifs is 1. The van der Waals surface area contributed by atoms with Crippen LogP contribution in [-0.4, -0.2) is 32.4 Å². The molecular formula is C18H22N6OS. The fourth-order valence-corrected chi connectivity index (χ4v) is 3.37. The predicted octanol–water partition coefficient (Wildman–Crippen LogP) is 3.00. The summed E-state index contributed by atoms with van der Waals surface area (Å²) in [6.45, 7) is 10.4. The van der Waals surface area contributed by atoms with Crippen LogP contribution >= 0.6 is 11.3 Å². The molecule has 0 radical (unpaired) electrons. The molecule has 136 valence electrons. The number of nitrogens with one attached hydrogen (secondary N) is 2. The van der Waals surface area contributed by atoms with Crippen molar-refractivity contribution in [2.75, 3.05) is 6.54 Å². The molecule has 2 amide bonds. The van der Waals surface area contributed by atoms with Gasteiger partial charge in [-0.2, -0.15) is 9.61 Å². The molecule has 0 fully saturated rings. The highest BCUT2D eigenvalue weighted by Crippen LogP contribution is 2.23. The summed E-state index contributed by atoms with van der Waals surface area (Å²) < 4.78 is 1.64. The number of urea groups is 1. The van der Waals surface area contributed by atoms with Gasteiger partial charge >= 0.3 is 6.03 Å². The second-order valence-electron chi connectivity index (χ2n) is 6.67. The summed E-state index contributed by atoms with van der Waals surface area (Å²) in [6.07, 6.45) is 2.21. The molecule has 2 heterocycles. The molecule has 0 bridgehead atoms. The van der Waals surface area contributed by atoms with E-state index in [9.17, 15) is 4.79 Å². The minimum absolute atomic E-state index is 0.210. The van der Waals surface area contributed by atoms with E-state index in [1.54, 1.807) is 10.8 Å². The third-order valence-electron chi connectivity index (χ3n) is 4.06. The number of amides is 2. The van der Waals surface area contributed by atoms with Crippen LogP contribution in [0.25, 0.3) is 10.5 Å². The van der Waals surface area contributed by atoms with Crippen LogP contribution in [0.4, 0.5) is 4.79 Å². The number of rotatable bonds is 6. The number of hydrogen-bond donors (Lipinski definition) is 2. The van der Waals surface area contributed by atoms with Crippen molar-refractivity contribution < 1.29 is 4.79 Å². The zero-order valence-electron chi connectivity index (χ0n) is 15.1. The van der Waals surface area contributed by atoms with E-state index < -0.39 is 5.54 Å². The highest BCUT2D eigenvalue weighted by atomic mass is 32.1. The van der Waals surface area contributed by atoms with Gasteiger partial charge in [-0.3, -0.25) is 0 Å². The van der Waals surface area contributed by atoms with Gasteiger partial charge in [-0.25, -0.2) is 4.79 Å². The molecule has 0 aliphatic carbocycles. The largest absolute Gasteiger partial charge is 0.338 e. The Hall–Kier alpha value is -2.74. The first-order valence-electron chi connectivity index (χ1n) is 8.33. The summed E-state index contributed by atoms with van der Waals surface area (Å²) in [5.74, 6) is 0. The molecule has 0 spiro atoms. The van der Waals surface area contributed by atoms with Gasteiger partial charge in [0.25, 0.3) is 0 Å². The molecular weight excluding hydrogens is 348 g/mol. The highest BCUT2D eigenvalue weighted by molar-refractivity contribution is 7.16. The van der Waals surface area contributed by atoms with Gasteiger partial charge in [0, 0.05) is 13.0 Å². The molecule has 26 heavy (non-hydrogen) atoms. The second kappa shape index (κ2) is 7.25. The van der Waals surface area contributed by atoms with Gasteiger partial charge in [0.15, 0.2) is 0 Å². The SMILES string of the molecule is C=C(C)c1cccc(C(C)(C)NC(=O)NCCc2nn3cnnc3s2)c1. The Labute approximate surface area is 156 Å². The van der Waals surface area contributed by atoms with Gasteiger partial charge in [-0.05, 0) is 38.0 Å². The quantitative estimate of drug-likeness (QED) is 0.699. The fourth-order valence-electron chi connectivity index (χ4n) is 2.56. The van der Waals surface area contributed by atoms with E-state index in [2.05, 4.69) is 38.6 Å². The summed E-state index contributed by atoms with van der Waals surface area (Å²) >= 11 is 1.47. The van der Waals surface area contributed by atoms with E-state index in [0.29, 0.717) is 13.0 Å². The van der Waals surface area contributed by atoms with Crippen molar-refractivity contribution in [3.05, 3.63) is 53.3 Å². The Bertz CT molecular complexity index is 913. The summed E-state index contributed by atoms with van der Waals surface area (Å²) in [4.78, 5) is 13.0. The molecule has 0 unspecified atom stereocenters. The molecule has 0 saturated heterocycles. The molecule has 7 nitrogen and oxygen atoms in total. The zero-order valence-corrected chi connectivity index (χ0v) is 15.9. The van der Waals surface area contributed by atoms with Crippen LogP contribution in [0.15, 0.2) is 37.2 Å². The Morgan fingerprint density at radius 2 is 2.19 bits per heavy atom. The third-order valence-corrected chi connectivity index (χ3v) is 5.03. The minimum Gasteiger partial charge on any atom is -0.338 e. The maximum Gasteiger partial charge on any atom is 0.315 e. The number of benzene rings is 1. The van der Waals surface area contributed by atoms with Crippen molar-refractivity contribution >= 4 is 27.9 Å². The van der Waals surface area contributed by atoms with E-state index in [1.807, 2.05) is 39.0 Å². The Balaban J connectivity index is 1.55. The first-order valence-corrected chi connectivity index (χ1v) is 9.15. The summed E-state index contributed by atoms with van der Waals surface area (Å²) in [7, 11) is 0. The summed E-state index contributed by atoms with van der Waals surface area (Å²) in [5, 5.41) is 18.9.